The van der Waals surface area contributed by atoms with Crippen molar-refractivity contribution < 1.29 is 9.53 Å². The fourth-order valence-electron chi connectivity index (χ4n) is 6.38. The lowest BCUT2D eigenvalue weighted by Gasteiger charge is -2.52. The number of hydrogen-bond acceptors (Lipinski definition) is 2. The van der Waals surface area contributed by atoms with E-state index >= 15 is 0 Å². The van der Waals surface area contributed by atoms with Gasteiger partial charge in [0.1, 0.15) is 5.78 Å². The molecule has 0 heterocycles. The maximum absolute atomic E-state index is 12.8. The zero-order valence-corrected chi connectivity index (χ0v) is 14.5. The summed E-state index contributed by atoms with van der Waals surface area (Å²) < 4.78 is 6.45. The minimum Gasteiger partial charge on any atom is -0.373 e. The molecule has 0 saturated heterocycles. The van der Waals surface area contributed by atoms with Crippen LogP contribution in [0.1, 0.15) is 52.0 Å². The van der Waals surface area contributed by atoms with Crippen LogP contribution < -0.4 is 0 Å². The molecule has 23 heavy (non-hydrogen) atoms. The van der Waals surface area contributed by atoms with E-state index in [1.165, 1.54) is 24.8 Å². The van der Waals surface area contributed by atoms with Crippen LogP contribution in [0.2, 0.25) is 0 Å². The second kappa shape index (κ2) is 5.17. The Bertz CT molecular complexity index is 606. The number of hydrogen-bond donors (Lipinski definition) is 0. The molecule has 2 bridgehead atoms. The molecule has 1 aromatic rings. The Balaban J connectivity index is 1.60. The van der Waals surface area contributed by atoms with Gasteiger partial charge in [-0.05, 0) is 42.1 Å². The summed E-state index contributed by atoms with van der Waals surface area (Å²) in [6, 6.07) is 10.4. The van der Waals surface area contributed by atoms with Gasteiger partial charge in [-0.1, -0.05) is 51.1 Å². The second-order valence-corrected chi connectivity index (χ2v) is 8.78. The summed E-state index contributed by atoms with van der Waals surface area (Å²) in [6.07, 6.45) is 4.65. The summed E-state index contributed by atoms with van der Waals surface area (Å²) in [7, 11) is 0. The zero-order valence-electron chi connectivity index (χ0n) is 14.5. The molecule has 3 fully saturated rings. The monoisotopic (exact) mass is 312 g/mol. The first-order valence-electron chi connectivity index (χ1n) is 9.13. The minimum absolute atomic E-state index is 0.0456. The first-order chi connectivity index (χ1) is 10.9. The number of Topliss-reactive ketones (excluding diaryl/α,β-unsaturated/α-hetero) is 1. The van der Waals surface area contributed by atoms with Gasteiger partial charge in [0.2, 0.25) is 0 Å². The van der Waals surface area contributed by atoms with Gasteiger partial charge in [-0.15, -0.1) is 0 Å². The van der Waals surface area contributed by atoms with Crippen molar-refractivity contribution in [2.24, 2.45) is 28.6 Å². The van der Waals surface area contributed by atoms with Crippen LogP contribution in [0.4, 0.5) is 0 Å². The van der Waals surface area contributed by atoms with Crippen LogP contribution in [-0.2, 0) is 16.1 Å². The predicted molar refractivity (Wildman–Crippen MR) is 90.9 cm³/mol. The van der Waals surface area contributed by atoms with E-state index in [1.807, 2.05) is 6.07 Å². The van der Waals surface area contributed by atoms with Crippen molar-refractivity contribution in [3.63, 3.8) is 0 Å². The molecule has 4 rings (SSSR count). The predicted octanol–water partition coefficient (Wildman–Crippen LogP) is 4.62. The van der Waals surface area contributed by atoms with Crippen molar-refractivity contribution >= 4 is 5.78 Å². The topological polar surface area (TPSA) is 26.3 Å². The fourth-order valence-corrected chi connectivity index (χ4v) is 6.38. The summed E-state index contributed by atoms with van der Waals surface area (Å²) in [5.41, 5.74) is 1.46. The number of carbonyl (C=O) groups excluding carboxylic acids is 1. The quantitative estimate of drug-likeness (QED) is 0.814. The van der Waals surface area contributed by atoms with Crippen molar-refractivity contribution in [3.05, 3.63) is 35.9 Å². The molecule has 0 N–H and O–H groups in total. The Labute approximate surface area is 139 Å². The van der Waals surface area contributed by atoms with E-state index in [0.29, 0.717) is 24.2 Å². The molecule has 0 aliphatic heterocycles. The number of carbonyl (C=O) groups is 1. The first-order valence-corrected chi connectivity index (χ1v) is 9.13. The van der Waals surface area contributed by atoms with Gasteiger partial charge < -0.3 is 4.74 Å². The molecule has 0 amide bonds. The standard InChI is InChI=1S/C21H28O2/c1-14-11-17(22)18-20(2,3)19(16-9-10-21(14,18)12-16)23-13-15-7-5-4-6-8-15/h4-8,14,16,18-19H,9-13H2,1-3H3/t14-,16+,18+,19+,21-/m1/s1. The maximum atomic E-state index is 12.8. The van der Waals surface area contributed by atoms with Gasteiger partial charge in [0, 0.05) is 17.8 Å². The number of benzene rings is 1. The van der Waals surface area contributed by atoms with Gasteiger partial charge in [-0.3, -0.25) is 4.79 Å². The number of fused-ring (bicyclic) bond motifs is 1. The smallest absolute Gasteiger partial charge is 0.137 e. The lowest BCUT2D eigenvalue weighted by atomic mass is 9.54. The lowest BCUT2D eigenvalue weighted by molar-refractivity contribution is -0.155. The Kier molecular flexibility index (Phi) is 3.46. The van der Waals surface area contributed by atoms with Crippen LogP contribution in [0.15, 0.2) is 30.3 Å². The molecule has 0 radical (unpaired) electrons. The molecule has 0 aromatic heterocycles. The molecule has 3 saturated carbocycles. The molecule has 1 spiro atoms. The average Bonchev–Trinajstić information content (AvgIpc) is 3.01. The summed E-state index contributed by atoms with van der Waals surface area (Å²) in [5.74, 6) is 1.87. The van der Waals surface area contributed by atoms with Crippen molar-refractivity contribution in [1.82, 2.24) is 0 Å². The molecule has 3 aliphatic carbocycles. The summed E-state index contributed by atoms with van der Waals surface area (Å²) in [5, 5.41) is 0. The van der Waals surface area contributed by atoms with E-state index in [-0.39, 0.29) is 22.9 Å². The zero-order chi connectivity index (χ0) is 16.2. The minimum atomic E-state index is -0.0456. The van der Waals surface area contributed by atoms with Crippen LogP contribution in [0, 0.1) is 28.6 Å². The molecule has 1 aromatic carbocycles. The Morgan fingerprint density at radius 2 is 1.96 bits per heavy atom. The second-order valence-electron chi connectivity index (χ2n) is 8.78. The molecule has 2 nitrogen and oxygen atoms in total. The van der Waals surface area contributed by atoms with Crippen LogP contribution in [-0.4, -0.2) is 11.9 Å². The number of rotatable bonds is 3. The van der Waals surface area contributed by atoms with Crippen molar-refractivity contribution in [3.8, 4) is 0 Å². The van der Waals surface area contributed by atoms with Crippen LogP contribution >= 0.6 is 0 Å². The molecular weight excluding hydrogens is 284 g/mol. The molecule has 2 heteroatoms. The Morgan fingerprint density at radius 1 is 1.22 bits per heavy atom. The SMILES string of the molecule is C[C@@H]1CC(=O)[C@H]2C(C)(C)[C@@H](OCc3ccccc3)[C@H]3CC[C@@]12C3. The summed E-state index contributed by atoms with van der Waals surface area (Å²) in [4.78, 5) is 12.8. The molecule has 3 aliphatic rings. The number of ether oxygens (including phenoxy) is 1. The lowest BCUT2D eigenvalue weighted by Crippen LogP contribution is -2.53. The third-order valence-corrected chi connectivity index (χ3v) is 7.19. The molecule has 0 unspecified atom stereocenters. The molecule has 5 atom stereocenters. The highest BCUT2D eigenvalue weighted by Gasteiger charge is 2.67. The third kappa shape index (κ3) is 2.14. The van der Waals surface area contributed by atoms with Crippen molar-refractivity contribution in [2.45, 2.75) is 59.2 Å². The highest BCUT2D eigenvalue weighted by molar-refractivity contribution is 5.86. The van der Waals surface area contributed by atoms with Gasteiger partial charge in [0.25, 0.3) is 0 Å². The highest BCUT2D eigenvalue weighted by atomic mass is 16.5. The van der Waals surface area contributed by atoms with E-state index in [9.17, 15) is 4.79 Å². The van der Waals surface area contributed by atoms with Gasteiger partial charge in [-0.2, -0.15) is 0 Å². The van der Waals surface area contributed by atoms with Gasteiger partial charge in [0.05, 0.1) is 12.7 Å². The van der Waals surface area contributed by atoms with Crippen molar-refractivity contribution in [1.29, 1.82) is 0 Å². The van der Waals surface area contributed by atoms with E-state index < -0.39 is 0 Å². The normalized spacial score (nSPS) is 41.1. The van der Waals surface area contributed by atoms with Crippen LogP contribution in [0.5, 0.6) is 0 Å². The first kappa shape index (κ1) is 15.4. The molecular formula is C21H28O2. The fraction of sp³-hybridized carbons (Fsp3) is 0.667. The van der Waals surface area contributed by atoms with E-state index in [0.717, 1.165) is 6.42 Å². The van der Waals surface area contributed by atoms with Gasteiger partial charge in [-0.25, -0.2) is 0 Å². The number of ketones is 1. The Hall–Kier alpha value is -1.15. The maximum Gasteiger partial charge on any atom is 0.137 e. The summed E-state index contributed by atoms with van der Waals surface area (Å²) in [6.45, 7) is 7.54. The highest BCUT2D eigenvalue weighted by Crippen LogP contribution is 2.68. The molecule has 124 valence electrons. The van der Waals surface area contributed by atoms with E-state index in [4.69, 9.17) is 4.74 Å². The third-order valence-electron chi connectivity index (χ3n) is 7.19. The Morgan fingerprint density at radius 3 is 2.70 bits per heavy atom. The van der Waals surface area contributed by atoms with Gasteiger partial charge >= 0.3 is 0 Å². The average molecular weight is 312 g/mol. The summed E-state index contributed by atoms with van der Waals surface area (Å²) >= 11 is 0. The van der Waals surface area contributed by atoms with Crippen LogP contribution in [0.3, 0.4) is 0 Å². The van der Waals surface area contributed by atoms with Crippen molar-refractivity contribution in [2.75, 3.05) is 0 Å². The van der Waals surface area contributed by atoms with Crippen LogP contribution in [0.25, 0.3) is 0 Å². The largest absolute Gasteiger partial charge is 0.373 e. The van der Waals surface area contributed by atoms with E-state index in [2.05, 4.69) is 45.0 Å². The van der Waals surface area contributed by atoms with E-state index in [1.54, 1.807) is 0 Å². The van der Waals surface area contributed by atoms with Gasteiger partial charge in [0.15, 0.2) is 0 Å².